The fourth-order valence-electron chi connectivity index (χ4n) is 2.99. The number of hydrogen-bond donors (Lipinski definition) is 0. The van der Waals surface area contributed by atoms with Gasteiger partial charge in [0.2, 0.25) is 0 Å². The Hall–Kier alpha value is -1.55. The van der Waals surface area contributed by atoms with Crippen LogP contribution in [0.2, 0.25) is 5.02 Å². The van der Waals surface area contributed by atoms with Crippen molar-refractivity contribution in [3.05, 3.63) is 29.3 Å². The average Bonchev–Trinajstić information content (AvgIpc) is 2.63. The molecule has 0 aromatic heterocycles. The molecule has 1 aromatic carbocycles. The van der Waals surface area contributed by atoms with E-state index < -0.39 is 0 Å². The molecule has 19 heavy (non-hydrogen) atoms. The fraction of sp³-hybridized carbons (Fsp3) is 0.429. The number of carbonyl (C=O) groups is 2. The van der Waals surface area contributed by atoms with Gasteiger partial charge in [0.25, 0.3) is 5.91 Å². The smallest absolute Gasteiger partial charge is 0.312 e. The van der Waals surface area contributed by atoms with Crippen LogP contribution in [0.15, 0.2) is 24.3 Å². The highest BCUT2D eigenvalue weighted by Gasteiger charge is 2.49. The molecule has 2 aliphatic rings. The topological polar surface area (TPSA) is 40.6 Å². The summed E-state index contributed by atoms with van der Waals surface area (Å²) in [7, 11) is 0. The number of piperidine rings is 1. The lowest BCUT2D eigenvalue weighted by Crippen LogP contribution is -2.44. The molecule has 2 heterocycles. The molecule has 0 spiro atoms. The van der Waals surface area contributed by atoms with Gasteiger partial charge >= 0.3 is 6.03 Å². The van der Waals surface area contributed by atoms with Crippen molar-refractivity contribution in [3.8, 4) is 0 Å². The first-order chi connectivity index (χ1) is 9.09. The lowest BCUT2D eigenvalue weighted by molar-refractivity contribution is -0.121. The van der Waals surface area contributed by atoms with Crippen LogP contribution in [0.3, 0.4) is 0 Å². The predicted molar refractivity (Wildman–Crippen MR) is 73.2 cm³/mol. The first kappa shape index (κ1) is 12.5. The van der Waals surface area contributed by atoms with E-state index in [0.717, 1.165) is 12.8 Å². The van der Waals surface area contributed by atoms with Crippen molar-refractivity contribution in [3.63, 3.8) is 0 Å². The number of halogens is 1. The first-order valence-corrected chi connectivity index (χ1v) is 6.87. The summed E-state index contributed by atoms with van der Waals surface area (Å²) >= 11 is 5.94. The van der Waals surface area contributed by atoms with Crippen LogP contribution in [0.4, 0.5) is 10.5 Å². The molecule has 2 atom stereocenters. The van der Waals surface area contributed by atoms with E-state index in [2.05, 4.69) is 0 Å². The summed E-state index contributed by atoms with van der Waals surface area (Å²) in [6.45, 7) is 2.69. The van der Waals surface area contributed by atoms with Crippen molar-refractivity contribution in [2.45, 2.75) is 25.8 Å². The van der Waals surface area contributed by atoms with Crippen molar-refractivity contribution < 1.29 is 9.59 Å². The van der Waals surface area contributed by atoms with Crippen molar-refractivity contribution in [1.29, 1.82) is 0 Å². The molecular formula is C14H15ClN2O2. The Labute approximate surface area is 116 Å². The molecule has 2 saturated heterocycles. The van der Waals surface area contributed by atoms with E-state index in [1.165, 1.54) is 4.90 Å². The van der Waals surface area contributed by atoms with E-state index in [1.54, 1.807) is 29.2 Å². The number of amides is 3. The Morgan fingerprint density at radius 3 is 2.79 bits per heavy atom. The lowest BCUT2D eigenvalue weighted by Gasteiger charge is -2.31. The monoisotopic (exact) mass is 278 g/mol. The molecular weight excluding hydrogens is 264 g/mol. The summed E-state index contributed by atoms with van der Waals surface area (Å²) in [5.74, 6) is 0.0915. The van der Waals surface area contributed by atoms with Gasteiger partial charge in [-0.05, 0) is 37.0 Å². The number of imide groups is 1. The predicted octanol–water partition coefficient (Wildman–Crippen LogP) is 2.91. The third kappa shape index (κ3) is 1.91. The Bertz CT molecular complexity index is 546. The molecule has 3 amide bonds. The van der Waals surface area contributed by atoms with E-state index in [0.29, 0.717) is 17.3 Å². The minimum atomic E-state index is -0.305. The number of urea groups is 1. The SMILES string of the molecule is CC1CCCN2C(=O)N(c3cccc(Cl)c3)C(=O)C12. The maximum atomic E-state index is 12.5. The molecule has 0 radical (unpaired) electrons. The molecule has 2 fully saturated rings. The van der Waals surface area contributed by atoms with E-state index >= 15 is 0 Å². The van der Waals surface area contributed by atoms with Crippen LogP contribution in [-0.2, 0) is 4.79 Å². The average molecular weight is 279 g/mol. The van der Waals surface area contributed by atoms with Gasteiger partial charge in [0.05, 0.1) is 5.69 Å². The van der Waals surface area contributed by atoms with Gasteiger partial charge < -0.3 is 4.90 Å². The second-order valence-corrected chi connectivity index (χ2v) is 5.63. The number of hydrogen-bond acceptors (Lipinski definition) is 2. The Morgan fingerprint density at radius 1 is 1.32 bits per heavy atom. The van der Waals surface area contributed by atoms with Crippen molar-refractivity contribution in [2.24, 2.45) is 5.92 Å². The maximum Gasteiger partial charge on any atom is 0.332 e. The molecule has 4 nitrogen and oxygen atoms in total. The van der Waals surface area contributed by atoms with Crippen molar-refractivity contribution >= 4 is 29.2 Å². The highest BCUT2D eigenvalue weighted by Crippen LogP contribution is 2.34. The number of anilines is 1. The van der Waals surface area contributed by atoms with Crippen LogP contribution in [-0.4, -0.2) is 29.4 Å². The highest BCUT2D eigenvalue weighted by molar-refractivity contribution is 6.31. The largest absolute Gasteiger partial charge is 0.332 e. The molecule has 5 heteroatoms. The zero-order chi connectivity index (χ0) is 13.6. The normalized spacial score (nSPS) is 26.8. The van der Waals surface area contributed by atoms with Gasteiger partial charge in [0, 0.05) is 11.6 Å². The van der Waals surface area contributed by atoms with Gasteiger partial charge in [-0.25, -0.2) is 9.69 Å². The van der Waals surface area contributed by atoms with Crippen molar-refractivity contribution in [2.75, 3.05) is 11.4 Å². The summed E-state index contributed by atoms with van der Waals surface area (Å²) in [4.78, 5) is 27.8. The van der Waals surface area contributed by atoms with Gasteiger partial charge in [-0.15, -0.1) is 0 Å². The quantitative estimate of drug-likeness (QED) is 0.741. The third-order valence-electron chi connectivity index (χ3n) is 3.91. The molecule has 0 bridgehead atoms. The van der Waals surface area contributed by atoms with Crippen LogP contribution in [0.5, 0.6) is 0 Å². The van der Waals surface area contributed by atoms with Crippen LogP contribution in [0, 0.1) is 5.92 Å². The van der Waals surface area contributed by atoms with Gasteiger partial charge in [-0.2, -0.15) is 0 Å². The Morgan fingerprint density at radius 2 is 2.11 bits per heavy atom. The summed E-state index contributed by atoms with van der Waals surface area (Å²) in [6, 6.07) is 6.35. The Kier molecular flexibility index (Phi) is 2.97. The standard InChI is InChI=1S/C14H15ClN2O2/c1-9-4-3-7-16-12(9)13(18)17(14(16)19)11-6-2-5-10(15)8-11/h2,5-6,8-9,12H,3-4,7H2,1H3. The third-order valence-corrected chi connectivity index (χ3v) is 4.15. The van der Waals surface area contributed by atoms with E-state index in [-0.39, 0.29) is 23.9 Å². The van der Waals surface area contributed by atoms with Crippen LogP contribution < -0.4 is 4.90 Å². The molecule has 0 aliphatic carbocycles. The number of carbonyl (C=O) groups excluding carboxylic acids is 2. The molecule has 0 N–H and O–H groups in total. The second-order valence-electron chi connectivity index (χ2n) is 5.19. The van der Waals surface area contributed by atoms with Crippen LogP contribution >= 0.6 is 11.6 Å². The molecule has 1 aromatic rings. The molecule has 3 rings (SSSR count). The number of rotatable bonds is 1. The van der Waals surface area contributed by atoms with Gasteiger partial charge in [-0.3, -0.25) is 4.79 Å². The maximum absolute atomic E-state index is 12.5. The van der Waals surface area contributed by atoms with Gasteiger partial charge in [-0.1, -0.05) is 24.6 Å². The summed E-state index contributed by atoms with van der Waals surface area (Å²) in [5.41, 5.74) is 0.559. The molecule has 2 unspecified atom stereocenters. The minimum absolute atomic E-state index is 0.125. The zero-order valence-corrected chi connectivity index (χ0v) is 11.4. The molecule has 2 aliphatic heterocycles. The van der Waals surface area contributed by atoms with Crippen LogP contribution in [0.1, 0.15) is 19.8 Å². The lowest BCUT2D eigenvalue weighted by atomic mass is 9.91. The summed E-state index contributed by atoms with van der Waals surface area (Å²) in [6.07, 6.45) is 1.95. The van der Waals surface area contributed by atoms with Crippen molar-refractivity contribution in [1.82, 2.24) is 4.90 Å². The summed E-state index contributed by atoms with van der Waals surface area (Å²) < 4.78 is 0. The number of nitrogens with zero attached hydrogens (tertiary/aromatic N) is 2. The van der Waals surface area contributed by atoms with Gasteiger partial charge in [0.15, 0.2) is 0 Å². The van der Waals surface area contributed by atoms with Gasteiger partial charge in [0.1, 0.15) is 6.04 Å². The zero-order valence-electron chi connectivity index (χ0n) is 10.7. The number of benzene rings is 1. The minimum Gasteiger partial charge on any atom is -0.312 e. The number of fused-ring (bicyclic) bond motifs is 1. The second kappa shape index (κ2) is 4.53. The van der Waals surface area contributed by atoms with E-state index in [1.807, 2.05) is 6.92 Å². The molecule has 0 saturated carbocycles. The highest BCUT2D eigenvalue weighted by atomic mass is 35.5. The Balaban J connectivity index is 1.99. The first-order valence-electron chi connectivity index (χ1n) is 6.50. The molecule has 100 valence electrons. The fourth-order valence-corrected chi connectivity index (χ4v) is 3.17. The summed E-state index contributed by atoms with van der Waals surface area (Å²) in [5, 5.41) is 0.524. The van der Waals surface area contributed by atoms with E-state index in [9.17, 15) is 9.59 Å². The van der Waals surface area contributed by atoms with Crippen LogP contribution in [0.25, 0.3) is 0 Å². The van der Waals surface area contributed by atoms with E-state index in [4.69, 9.17) is 11.6 Å².